The zero-order valence-corrected chi connectivity index (χ0v) is 15.6. The van der Waals surface area contributed by atoms with E-state index in [1.54, 1.807) is 0 Å². The Morgan fingerprint density at radius 1 is 1.17 bits per heavy atom. The minimum Gasteiger partial charge on any atom is -0.396 e. The van der Waals surface area contributed by atoms with Crippen LogP contribution in [0.4, 0.5) is 0 Å². The molecule has 1 aliphatic heterocycles. The van der Waals surface area contributed by atoms with Crippen molar-refractivity contribution < 1.29 is 9.84 Å². The topological polar surface area (TPSA) is 65.9 Å². The number of aliphatic hydroxyl groups is 1. The van der Waals surface area contributed by atoms with Gasteiger partial charge in [-0.1, -0.05) is 26.2 Å². The maximum atomic E-state index is 9.34. The highest BCUT2D eigenvalue weighted by Crippen LogP contribution is 2.32. The van der Waals surface area contributed by atoms with Gasteiger partial charge in [-0.25, -0.2) is 0 Å². The molecule has 0 amide bonds. The minimum absolute atomic E-state index is 0.0241. The van der Waals surface area contributed by atoms with E-state index in [1.165, 1.54) is 32.1 Å². The van der Waals surface area contributed by atoms with Gasteiger partial charge in [-0.2, -0.15) is 0 Å². The van der Waals surface area contributed by atoms with Crippen molar-refractivity contribution in [3.8, 4) is 0 Å². The first-order valence-corrected chi connectivity index (χ1v) is 9.92. The first-order chi connectivity index (χ1) is 11.7. The van der Waals surface area contributed by atoms with Gasteiger partial charge < -0.3 is 20.5 Å². The lowest BCUT2D eigenvalue weighted by Gasteiger charge is -2.29. The second kappa shape index (κ2) is 10.2. The van der Waals surface area contributed by atoms with Crippen LogP contribution in [0.15, 0.2) is 4.99 Å². The van der Waals surface area contributed by atoms with Crippen LogP contribution in [0.5, 0.6) is 0 Å². The quantitative estimate of drug-likeness (QED) is 0.470. The van der Waals surface area contributed by atoms with Crippen molar-refractivity contribution >= 4 is 5.96 Å². The molecule has 24 heavy (non-hydrogen) atoms. The Bertz CT molecular complexity index is 373. The number of hydrogen-bond donors (Lipinski definition) is 3. The molecular weight excluding hydrogens is 302 g/mol. The summed E-state index contributed by atoms with van der Waals surface area (Å²) in [5.41, 5.74) is 0.0241. The molecule has 140 valence electrons. The van der Waals surface area contributed by atoms with Crippen LogP contribution < -0.4 is 10.6 Å². The van der Waals surface area contributed by atoms with Gasteiger partial charge >= 0.3 is 0 Å². The Kier molecular flexibility index (Phi) is 8.33. The number of guanidine groups is 1. The first kappa shape index (κ1) is 19.5. The van der Waals surface area contributed by atoms with Gasteiger partial charge in [0.25, 0.3) is 0 Å². The third-order valence-electron chi connectivity index (χ3n) is 5.85. The first-order valence-electron chi connectivity index (χ1n) is 9.92. The van der Waals surface area contributed by atoms with Crippen molar-refractivity contribution in [2.45, 2.75) is 58.8 Å². The SMILES string of the molecule is CCNC(=NCC1(CCO)CCOC1)NCC1CCC(CC)CC1. The molecule has 2 aliphatic rings. The van der Waals surface area contributed by atoms with E-state index < -0.39 is 0 Å². The fraction of sp³-hybridized carbons (Fsp3) is 0.947. The van der Waals surface area contributed by atoms with Crippen molar-refractivity contribution in [2.75, 3.05) is 39.5 Å². The molecule has 1 unspecified atom stereocenters. The normalized spacial score (nSPS) is 31.2. The summed E-state index contributed by atoms with van der Waals surface area (Å²) in [5.74, 6) is 2.64. The Morgan fingerprint density at radius 2 is 1.92 bits per heavy atom. The molecule has 1 atom stereocenters. The minimum atomic E-state index is 0.0241. The zero-order chi connectivity index (χ0) is 17.3. The summed E-state index contributed by atoms with van der Waals surface area (Å²) >= 11 is 0. The standard InChI is InChI=1S/C19H37N3O2/c1-3-16-5-7-17(8-6-16)13-21-18(20-4-2)22-14-19(9-11-23)10-12-24-15-19/h16-17,23H,3-15H2,1-2H3,(H2,20,21,22). The van der Waals surface area contributed by atoms with Gasteiger partial charge in [0.15, 0.2) is 5.96 Å². The molecule has 1 saturated heterocycles. The summed E-state index contributed by atoms with van der Waals surface area (Å²) in [5, 5.41) is 16.2. The van der Waals surface area contributed by atoms with E-state index in [0.29, 0.717) is 0 Å². The van der Waals surface area contributed by atoms with Crippen LogP contribution in [0, 0.1) is 17.3 Å². The van der Waals surface area contributed by atoms with E-state index in [2.05, 4.69) is 24.5 Å². The molecule has 1 heterocycles. The van der Waals surface area contributed by atoms with E-state index in [9.17, 15) is 5.11 Å². The summed E-state index contributed by atoms with van der Waals surface area (Å²) in [6, 6.07) is 0. The van der Waals surface area contributed by atoms with Gasteiger partial charge in [0.05, 0.1) is 13.2 Å². The summed E-state index contributed by atoms with van der Waals surface area (Å²) < 4.78 is 5.56. The molecule has 1 saturated carbocycles. The molecule has 5 nitrogen and oxygen atoms in total. The summed E-state index contributed by atoms with van der Waals surface area (Å²) in [4.78, 5) is 4.81. The number of rotatable bonds is 8. The Morgan fingerprint density at radius 3 is 2.50 bits per heavy atom. The average Bonchev–Trinajstić information content (AvgIpc) is 3.07. The fourth-order valence-corrected chi connectivity index (χ4v) is 3.96. The lowest BCUT2D eigenvalue weighted by Crippen LogP contribution is -2.41. The largest absolute Gasteiger partial charge is 0.396 e. The zero-order valence-electron chi connectivity index (χ0n) is 15.6. The van der Waals surface area contributed by atoms with Gasteiger partial charge in [-0.15, -0.1) is 0 Å². The van der Waals surface area contributed by atoms with Crippen LogP contribution in [0.3, 0.4) is 0 Å². The molecule has 0 aromatic carbocycles. The predicted octanol–water partition coefficient (Wildman–Crippen LogP) is 2.55. The molecule has 3 N–H and O–H groups in total. The number of hydrogen-bond acceptors (Lipinski definition) is 3. The summed E-state index contributed by atoms with van der Waals surface area (Å²) in [6.07, 6.45) is 8.55. The molecule has 0 radical (unpaired) electrons. The van der Waals surface area contributed by atoms with Crippen molar-refractivity contribution in [3.05, 3.63) is 0 Å². The van der Waals surface area contributed by atoms with E-state index >= 15 is 0 Å². The summed E-state index contributed by atoms with van der Waals surface area (Å²) in [7, 11) is 0. The van der Waals surface area contributed by atoms with Crippen LogP contribution in [0.2, 0.25) is 0 Å². The third kappa shape index (κ3) is 5.92. The molecule has 0 aromatic rings. The predicted molar refractivity (Wildman–Crippen MR) is 99.3 cm³/mol. The highest BCUT2D eigenvalue weighted by molar-refractivity contribution is 5.79. The second-order valence-corrected chi connectivity index (χ2v) is 7.65. The molecule has 2 fully saturated rings. The van der Waals surface area contributed by atoms with Gasteiger partial charge in [0.1, 0.15) is 0 Å². The number of nitrogens with one attached hydrogen (secondary N) is 2. The van der Waals surface area contributed by atoms with Crippen molar-refractivity contribution in [3.63, 3.8) is 0 Å². The van der Waals surface area contributed by atoms with Gasteiger partial charge in [0.2, 0.25) is 0 Å². The second-order valence-electron chi connectivity index (χ2n) is 7.65. The smallest absolute Gasteiger partial charge is 0.191 e. The maximum absolute atomic E-state index is 9.34. The monoisotopic (exact) mass is 339 g/mol. The Hall–Kier alpha value is -0.810. The van der Waals surface area contributed by atoms with Gasteiger partial charge in [0, 0.05) is 31.7 Å². The molecule has 0 aromatic heterocycles. The van der Waals surface area contributed by atoms with Gasteiger partial charge in [-0.05, 0) is 44.4 Å². The maximum Gasteiger partial charge on any atom is 0.191 e. The van der Waals surface area contributed by atoms with Crippen molar-refractivity contribution in [2.24, 2.45) is 22.2 Å². The van der Waals surface area contributed by atoms with Crippen LogP contribution in [-0.4, -0.2) is 50.5 Å². The van der Waals surface area contributed by atoms with E-state index in [4.69, 9.17) is 9.73 Å². The van der Waals surface area contributed by atoms with Crippen molar-refractivity contribution in [1.29, 1.82) is 0 Å². The Labute approximate surface area is 147 Å². The number of aliphatic hydroxyl groups excluding tert-OH is 1. The van der Waals surface area contributed by atoms with E-state index in [0.717, 1.165) is 63.5 Å². The number of ether oxygens (including phenoxy) is 1. The number of aliphatic imine (C=N–C) groups is 1. The van der Waals surface area contributed by atoms with Crippen LogP contribution >= 0.6 is 0 Å². The third-order valence-corrected chi connectivity index (χ3v) is 5.85. The lowest BCUT2D eigenvalue weighted by molar-refractivity contribution is 0.131. The highest BCUT2D eigenvalue weighted by atomic mass is 16.5. The van der Waals surface area contributed by atoms with Crippen molar-refractivity contribution in [1.82, 2.24) is 10.6 Å². The highest BCUT2D eigenvalue weighted by Gasteiger charge is 2.34. The van der Waals surface area contributed by atoms with Crippen LogP contribution in [0.1, 0.15) is 58.8 Å². The van der Waals surface area contributed by atoms with Gasteiger partial charge in [-0.3, -0.25) is 4.99 Å². The van der Waals surface area contributed by atoms with E-state index in [-0.39, 0.29) is 12.0 Å². The fourth-order valence-electron chi connectivity index (χ4n) is 3.96. The molecule has 5 heteroatoms. The molecule has 2 rings (SSSR count). The molecular formula is C19H37N3O2. The van der Waals surface area contributed by atoms with E-state index in [1.807, 2.05) is 0 Å². The molecule has 1 aliphatic carbocycles. The lowest BCUT2D eigenvalue weighted by atomic mass is 9.81. The summed E-state index contributed by atoms with van der Waals surface area (Å²) in [6.45, 7) is 8.76. The average molecular weight is 340 g/mol. The molecule has 0 spiro atoms. The number of nitrogens with zero attached hydrogens (tertiary/aromatic N) is 1. The Balaban J connectivity index is 1.82. The molecule has 0 bridgehead atoms. The van der Waals surface area contributed by atoms with Crippen LogP contribution in [-0.2, 0) is 4.74 Å². The van der Waals surface area contributed by atoms with Crippen LogP contribution in [0.25, 0.3) is 0 Å².